The highest BCUT2D eigenvalue weighted by molar-refractivity contribution is 9.10. The number of nitrogens with zero attached hydrogens (tertiary/aromatic N) is 1. The Morgan fingerprint density at radius 3 is 3.00 bits per heavy atom. The summed E-state index contributed by atoms with van der Waals surface area (Å²) in [6.45, 7) is 2.87. The van der Waals surface area contributed by atoms with Gasteiger partial charge in [-0.1, -0.05) is 28.1 Å². The molecule has 0 radical (unpaired) electrons. The smallest absolute Gasteiger partial charge is 0.227 e. The van der Waals surface area contributed by atoms with Gasteiger partial charge >= 0.3 is 0 Å². The van der Waals surface area contributed by atoms with Gasteiger partial charge in [-0.3, -0.25) is 4.79 Å². The van der Waals surface area contributed by atoms with Gasteiger partial charge in [0.2, 0.25) is 5.91 Å². The number of likely N-dealkylation sites (tertiary alicyclic amines) is 1. The second kappa shape index (κ2) is 5.85. The summed E-state index contributed by atoms with van der Waals surface area (Å²) >= 11 is 3.43. The van der Waals surface area contributed by atoms with Crippen molar-refractivity contribution in [3.63, 3.8) is 0 Å². The third-order valence-electron chi connectivity index (χ3n) is 3.48. The van der Waals surface area contributed by atoms with E-state index in [0.717, 1.165) is 29.4 Å². The fourth-order valence-corrected chi connectivity index (χ4v) is 2.95. The molecule has 18 heavy (non-hydrogen) atoms. The van der Waals surface area contributed by atoms with E-state index in [9.17, 15) is 4.79 Å². The first-order valence-electron chi connectivity index (χ1n) is 6.36. The molecule has 2 atom stereocenters. The number of rotatable bonds is 2. The summed E-state index contributed by atoms with van der Waals surface area (Å²) in [7, 11) is 0. The highest BCUT2D eigenvalue weighted by Gasteiger charge is 2.26. The molecule has 1 heterocycles. The zero-order valence-electron chi connectivity index (χ0n) is 10.6. The maximum absolute atomic E-state index is 12.3. The van der Waals surface area contributed by atoms with E-state index in [2.05, 4.69) is 22.9 Å². The molecular weight excluding hydrogens is 292 g/mol. The number of benzene rings is 1. The van der Waals surface area contributed by atoms with Crippen LogP contribution in [0.15, 0.2) is 28.7 Å². The minimum Gasteiger partial charge on any atom is -0.340 e. The molecule has 0 aromatic heterocycles. The van der Waals surface area contributed by atoms with Crippen LogP contribution in [0.2, 0.25) is 0 Å². The Hall–Kier alpha value is -0.870. The Bertz CT molecular complexity index is 436. The molecule has 1 aliphatic heterocycles. The standard InChI is InChI=1S/C14H19BrN2O/c1-10-7-13(16)5-6-17(10)14(18)9-11-3-2-4-12(15)8-11/h2-4,8,10,13H,5-7,9,16H2,1H3/t10-,13-/m0/s1. The van der Waals surface area contributed by atoms with E-state index in [1.54, 1.807) is 0 Å². The lowest BCUT2D eigenvalue weighted by Crippen LogP contribution is -2.48. The summed E-state index contributed by atoms with van der Waals surface area (Å²) in [4.78, 5) is 14.2. The second-order valence-corrected chi connectivity index (χ2v) is 5.94. The Labute approximate surface area is 116 Å². The number of hydrogen-bond donors (Lipinski definition) is 1. The molecule has 2 N–H and O–H groups in total. The lowest BCUT2D eigenvalue weighted by molar-refractivity contribution is -0.133. The first-order valence-corrected chi connectivity index (χ1v) is 7.15. The van der Waals surface area contributed by atoms with Crippen molar-refractivity contribution in [3.05, 3.63) is 34.3 Å². The quantitative estimate of drug-likeness (QED) is 0.911. The lowest BCUT2D eigenvalue weighted by atomic mass is 9.98. The van der Waals surface area contributed by atoms with E-state index in [-0.39, 0.29) is 18.0 Å². The fourth-order valence-electron chi connectivity index (χ4n) is 2.50. The third-order valence-corrected chi connectivity index (χ3v) is 3.97. The molecule has 4 heteroatoms. The Kier molecular flexibility index (Phi) is 4.40. The predicted octanol–water partition coefficient (Wildman–Crippen LogP) is 2.33. The van der Waals surface area contributed by atoms with Crippen molar-refractivity contribution < 1.29 is 4.79 Å². The summed E-state index contributed by atoms with van der Waals surface area (Å²) in [5.74, 6) is 0.201. The molecule has 0 aliphatic carbocycles. The average Bonchev–Trinajstić information content (AvgIpc) is 2.28. The molecule has 98 valence electrons. The van der Waals surface area contributed by atoms with Gasteiger partial charge in [0.15, 0.2) is 0 Å². The van der Waals surface area contributed by atoms with Crippen LogP contribution in [0.3, 0.4) is 0 Å². The third kappa shape index (κ3) is 3.33. The van der Waals surface area contributed by atoms with Crippen LogP contribution in [0.1, 0.15) is 25.3 Å². The molecule has 0 saturated carbocycles. The molecular formula is C14H19BrN2O. The van der Waals surface area contributed by atoms with Crippen molar-refractivity contribution in [2.24, 2.45) is 5.73 Å². The van der Waals surface area contributed by atoms with E-state index >= 15 is 0 Å². The summed E-state index contributed by atoms with van der Waals surface area (Å²) in [5.41, 5.74) is 6.97. The molecule has 1 aromatic carbocycles. The van der Waals surface area contributed by atoms with Crippen LogP contribution < -0.4 is 5.73 Å². The monoisotopic (exact) mass is 310 g/mol. The van der Waals surface area contributed by atoms with Gasteiger partial charge in [-0.15, -0.1) is 0 Å². The summed E-state index contributed by atoms with van der Waals surface area (Å²) < 4.78 is 1.02. The summed E-state index contributed by atoms with van der Waals surface area (Å²) in [6, 6.07) is 8.42. The largest absolute Gasteiger partial charge is 0.340 e. The lowest BCUT2D eigenvalue weighted by Gasteiger charge is -2.36. The van der Waals surface area contributed by atoms with E-state index in [1.807, 2.05) is 29.2 Å². The number of carbonyl (C=O) groups excluding carboxylic acids is 1. The Morgan fingerprint density at radius 1 is 1.56 bits per heavy atom. The number of hydrogen-bond acceptors (Lipinski definition) is 2. The summed E-state index contributed by atoms with van der Waals surface area (Å²) in [5, 5.41) is 0. The highest BCUT2D eigenvalue weighted by atomic mass is 79.9. The zero-order valence-corrected chi connectivity index (χ0v) is 12.2. The van der Waals surface area contributed by atoms with Gasteiger partial charge in [-0.05, 0) is 37.5 Å². The van der Waals surface area contributed by atoms with Gasteiger partial charge in [-0.25, -0.2) is 0 Å². The molecule has 0 spiro atoms. The van der Waals surface area contributed by atoms with Gasteiger partial charge in [0.1, 0.15) is 0 Å². The zero-order chi connectivity index (χ0) is 13.1. The van der Waals surface area contributed by atoms with Crippen molar-refractivity contribution >= 4 is 21.8 Å². The number of amides is 1. The van der Waals surface area contributed by atoms with E-state index in [0.29, 0.717) is 6.42 Å². The second-order valence-electron chi connectivity index (χ2n) is 5.03. The molecule has 1 saturated heterocycles. The molecule has 1 aromatic rings. The minimum absolute atomic E-state index is 0.201. The topological polar surface area (TPSA) is 46.3 Å². The van der Waals surface area contributed by atoms with Crippen LogP contribution in [-0.2, 0) is 11.2 Å². The van der Waals surface area contributed by atoms with Crippen LogP contribution in [0.4, 0.5) is 0 Å². The van der Waals surface area contributed by atoms with E-state index < -0.39 is 0 Å². The van der Waals surface area contributed by atoms with Crippen LogP contribution in [0.25, 0.3) is 0 Å². The van der Waals surface area contributed by atoms with Crippen molar-refractivity contribution in [2.45, 2.75) is 38.3 Å². The molecule has 0 bridgehead atoms. The average molecular weight is 311 g/mol. The van der Waals surface area contributed by atoms with Crippen molar-refractivity contribution in [1.82, 2.24) is 4.90 Å². The first-order chi connectivity index (χ1) is 8.56. The van der Waals surface area contributed by atoms with E-state index in [4.69, 9.17) is 5.73 Å². The van der Waals surface area contributed by atoms with Gasteiger partial charge in [-0.2, -0.15) is 0 Å². The van der Waals surface area contributed by atoms with Crippen molar-refractivity contribution in [2.75, 3.05) is 6.54 Å². The normalized spacial score (nSPS) is 24.1. The number of nitrogens with two attached hydrogens (primary N) is 1. The van der Waals surface area contributed by atoms with Gasteiger partial charge in [0.05, 0.1) is 6.42 Å². The fraction of sp³-hybridized carbons (Fsp3) is 0.500. The number of carbonyl (C=O) groups is 1. The molecule has 1 amide bonds. The van der Waals surface area contributed by atoms with Crippen molar-refractivity contribution in [3.8, 4) is 0 Å². The van der Waals surface area contributed by atoms with Crippen molar-refractivity contribution in [1.29, 1.82) is 0 Å². The molecule has 3 nitrogen and oxygen atoms in total. The minimum atomic E-state index is 0.201. The number of piperidine rings is 1. The van der Waals surface area contributed by atoms with E-state index in [1.165, 1.54) is 0 Å². The SMILES string of the molecule is C[C@H]1C[C@@H](N)CCN1C(=O)Cc1cccc(Br)c1. The Morgan fingerprint density at radius 2 is 2.33 bits per heavy atom. The highest BCUT2D eigenvalue weighted by Crippen LogP contribution is 2.18. The van der Waals surface area contributed by atoms with Crippen LogP contribution in [0, 0.1) is 0 Å². The maximum atomic E-state index is 12.3. The van der Waals surface area contributed by atoms with Crippen LogP contribution >= 0.6 is 15.9 Å². The first kappa shape index (κ1) is 13.6. The Balaban J connectivity index is 1.99. The van der Waals surface area contributed by atoms with Crippen LogP contribution in [-0.4, -0.2) is 29.4 Å². The molecule has 1 fully saturated rings. The van der Waals surface area contributed by atoms with Gasteiger partial charge in [0, 0.05) is 23.1 Å². The maximum Gasteiger partial charge on any atom is 0.227 e. The number of halogens is 1. The van der Waals surface area contributed by atoms with Crippen LogP contribution in [0.5, 0.6) is 0 Å². The summed E-state index contributed by atoms with van der Waals surface area (Å²) in [6.07, 6.45) is 2.29. The molecule has 1 aliphatic rings. The predicted molar refractivity (Wildman–Crippen MR) is 76.2 cm³/mol. The van der Waals surface area contributed by atoms with Gasteiger partial charge in [0.25, 0.3) is 0 Å². The van der Waals surface area contributed by atoms with Gasteiger partial charge < -0.3 is 10.6 Å². The molecule has 0 unspecified atom stereocenters. The molecule has 2 rings (SSSR count).